The second kappa shape index (κ2) is 25.2. The number of rotatable bonds is 18. The molecule has 3 fully saturated rings. The Morgan fingerprint density at radius 1 is 0.328 bits per heavy atom. The number of ether oxygens (including phenoxy) is 13. The van der Waals surface area contributed by atoms with Gasteiger partial charge in [-0.2, -0.15) is 0 Å². The van der Waals surface area contributed by atoms with Crippen molar-refractivity contribution in [2.45, 2.75) is 168 Å². The lowest BCUT2D eigenvalue weighted by atomic mass is 9.93. The molecule has 3 aliphatic heterocycles. The van der Waals surface area contributed by atoms with Crippen molar-refractivity contribution in [1.29, 1.82) is 0 Å². The largest absolute Gasteiger partial charge is 0.463 e. The Labute approximate surface area is 383 Å². The van der Waals surface area contributed by atoms with Crippen LogP contribution in [0.1, 0.15) is 76.2 Å². The van der Waals surface area contributed by atoms with Gasteiger partial charge in [-0.15, -0.1) is 0 Å². The molecule has 0 radical (unpaired) electrons. The number of carbonyl (C=O) groups is 11. The first-order valence-corrected chi connectivity index (χ1v) is 20.6. The molecule has 0 aromatic rings. The Morgan fingerprint density at radius 2 is 0.582 bits per heavy atom. The Hall–Kier alpha value is -6.03. The Bertz CT molecular complexity index is 1860. The molecule has 15 atom stereocenters. The Morgan fingerprint density at radius 3 is 0.866 bits per heavy atom. The fourth-order valence-corrected chi connectivity index (χ4v) is 7.34. The first-order valence-electron chi connectivity index (χ1n) is 20.6. The van der Waals surface area contributed by atoms with Crippen molar-refractivity contribution in [3.8, 4) is 0 Å². The summed E-state index contributed by atoms with van der Waals surface area (Å²) in [7, 11) is 0. The third-order valence-electron chi connectivity index (χ3n) is 9.47. The molecular weight excluding hydrogens is 906 g/mol. The molecule has 376 valence electrons. The van der Waals surface area contributed by atoms with Crippen molar-refractivity contribution in [2.75, 3.05) is 19.8 Å². The summed E-state index contributed by atoms with van der Waals surface area (Å²) in [5, 5.41) is 7.57. The van der Waals surface area contributed by atoms with E-state index in [2.05, 4.69) is 16.0 Å². The third kappa shape index (κ3) is 17.0. The summed E-state index contributed by atoms with van der Waals surface area (Å²) in [6.45, 7) is 9.36. The van der Waals surface area contributed by atoms with Crippen LogP contribution < -0.4 is 16.0 Å². The molecule has 27 heteroatoms. The summed E-state index contributed by atoms with van der Waals surface area (Å²) in [6, 6.07) is -4.82. The van der Waals surface area contributed by atoms with Crippen LogP contribution in [0, 0.1) is 0 Å². The minimum Gasteiger partial charge on any atom is -0.463 e. The summed E-state index contributed by atoms with van der Waals surface area (Å²) >= 11 is 0. The number of carbonyl (C=O) groups excluding carboxylic acids is 11. The standard InChI is InChI=1S/C40H57N3O24/c1-15(44)41-29-36(60-23(9)52)33(27(13-56-19(5)48)63-38(29)62-25(11)54)66-40-31(43-17(3)46)37(61-24(10)53)34(28(65-40)14-57-20(6)49)67-39-30(42-16(2)45)35(59-22(8)51)32(58-21(7)50)26(64-39)12-55-18(4)47/h26-40H,12-14H2,1-11H3,(H,41,44)(H,42,45)(H,43,46)/t26?,27?,28?,29?,30?,31?,32-,33-,34-,35-,36-,37-,38-,39+,40+/m1/s1. The van der Waals surface area contributed by atoms with E-state index >= 15 is 0 Å². The van der Waals surface area contributed by atoms with Crippen LogP contribution in [-0.2, 0) is 114 Å². The molecule has 27 nitrogen and oxygen atoms in total. The van der Waals surface area contributed by atoms with Gasteiger partial charge >= 0.3 is 47.8 Å². The lowest BCUT2D eigenvalue weighted by Gasteiger charge is -2.51. The van der Waals surface area contributed by atoms with Gasteiger partial charge in [0.15, 0.2) is 37.0 Å². The third-order valence-corrected chi connectivity index (χ3v) is 9.47. The van der Waals surface area contributed by atoms with Crippen molar-refractivity contribution in [1.82, 2.24) is 16.0 Å². The minimum atomic E-state index is -1.90. The van der Waals surface area contributed by atoms with Crippen molar-refractivity contribution in [2.24, 2.45) is 0 Å². The summed E-state index contributed by atoms with van der Waals surface area (Å²) in [6.07, 6.45) is -20.3. The molecule has 0 saturated carbocycles. The quantitative estimate of drug-likeness (QED) is 0.0938. The maximum Gasteiger partial charge on any atom is 0.305 e. The molecule has 3 rings (SSSR count). The lowest BCUT2D eigenvalue weighted by molar-refractivity contribution is -0.352. The number of hydrogen-bond donors (Lipinski definition) is 3. The van der Waals surface area contributed by atoms with E-state index in [0.717, 1.165) is 76.2 Å². The average molecular weight is 964 g/mol. The van der Waals surface area contributed by atoms with Gasteiger partial charge in [0.05, 0.1) is 0 Å². The van der Waals surface area contributed by atoms with Crippen LogP contribution in [0.5, 0.6) is 0 Å². The Kier molecular flexibility index (Phi) is 20.8. The van der Waals surface area contributed by atoms with Gasteiger partial charge in [0.25, 0.3) is 0 Å². The molecule has 0 aliphatic carbocycles. The monoisotopic (exact) mass is 963 g/mol. The highest BCUT2D eigenvalue weighted by Gasteiger charge is 2.58. The molecule has 67 heavy (non-hydrogen) atoms. The average Bonchev–Trinajstić information content (AvgIpc) is 3.17. The molecule has 0 bridgehead atoms. The predicted molar refractivity (Wildman–Crippen MR) is 212 cm³/mol. The van der Waals surface area contributed by atoms with Crippen molar-refractivity contribution in [3.05, 3.63) is 0 Å². The van der Waals surface area contributed by atoms with E-state index in [4.69, 9.17) is 61.6 Å². The van der Waals surface area contributed by atoms with Gasteiger partial charge in [0.1, 0.15) is 68.5 Å². The van der Waals surface area contributed by atoms with Crippen LogP contribution in [-0.4, -0.2) is 177 Å². The molecule has 3 saturated heterocycles. The summed E-state index contributed by atoms with van der Waals surface area (Å²) in [5.74, 6) is -9.50. The van der Waals surface area contributed by atoms with Gasteiger partial charge in [-0.05, 0) is 0 Å². The van der Waals surface area contributed by atoms with Crippen molar-refractivity contribution < 1.29 is 114 Å². The molecule has 3 amide bonds. The molecule has 0 aromatic carbocycles. The van der Waals surface area contributed by atoms with Gasteiger partial charge in [-0.3, -0.25) is 52.7 Å². The summed E-state index contributed by atoms with van der Waals surface area (Å²) in [5.41, 5.74) is 0. The number of esters is 8. The van der Waals surface area contributed by atoms with Crippen LogP contribution >= 0.6 is 0 Å². The second-order valence-electron chi connectivity index (χ2n) is 15.3. The van der Waals surface area contributed by atoms with Gasteiger partial charge in [0, 0.05) is 76.2 Å². The predicted octanol–water partition coefficient (Wildman–Crippen LogP) is -2.58. The minimum absolute atomic E-state index is 0.646. The zero-order chi connectivity index (χ0) is 50.4. The van der Waals surface area contributed by atoms with Gasteiger partial charge in [-0.1, -0.05) is 0 Å². The van der Waals surface area contributed by atoms with Crippen LogP contribution in [0.3, 0.4) is 0 Å². The topological polar surface area (TPSA) is 344 Å². The highest BCUT2D eigenvalue weighted by atomic mass is 16.8. The van der Waals surface area contributed by atoms with E-state index in [1.807, 2.05) is 0 Å². The lowest BCUT2D eigenvalue weighted by Crippen LogP contribution is -2.72. The SMILES string of the molecule is CC(=O)NC1[C@H](O[C@@H]2C(COC(C)=O)O[C@@H](O[C@@H]3C(COC(C)=O)O[C@@H](OC(C)=O)C(NC(C)=O)[C@H]3OC(C)=O)C(NC(C)=O)[C@H]2OC(C)=O)OC(COC(C)=O)[C@@H](OC(C)=O)[C@@H]1OC(C)=O. The highest BCUT2D eigenvalue weighted by molar-refractivity contribution is 5.75. The molecule has 6 unspecified atom stereocenters. The number of nitrogens with one attached hydrogen (secondary N) is 3. The van der Waals surface area contributed by atoms with Crippen molar-refractivity contribution >= 4 is 65.5 Å². The normalized spacial score (nSPS) is 31.2. The Balaban J connectivity index is 2.31. The fraction of sp³-hybridized carbons (Fsp3) is 0.725. The molecular formula is C40H57N3O24. The fourth-order valence-electron chi connectivity index (χ4n) is 7.34. The van der Waals surface area contributed by atoms with E-state index in [1.54, 1.807) is 0 Å². The molecule has 0 aromatic heterocycles. The molecule has 3 N–H and O–H groups in total. The number of amides is 3. The van der Waals surface area contributed by atoms with Gasteiger partial charge in [0.2, 0.25) is 24.0 Å². The van der Waals surface area contributed by atoms with Gasteiger partial charge in [-0.25, -0.2) is 0 Å². The number of hydrogen-bond acceptors (Lipinski definition) is 24. The molecule has 3 heterocycles. The highest BCUT2D eigenvalue weighted by Crippen LogP contribution is 2.36. The van der Waals surface area contributed by atoms with E-state index in [-0.39, 0.29) is 0 Å². The van der Waals surface area contributed by atoms with Crippen molar-refractivity contribution in [3.63, 3.8) is 0 Å². The maximum atomic E-state index is 13.0. The first kappa shape index (κ1) is 55.3. The zero-order valence-corrected chi connectivity index (χ0v) is 38.6. The van der Waals surface area contributed by atoms with Gasteiger partial charge < -0.3 is 77.5 Å². The summed E-state index contributed by atoms with van der Waals surface area (Å²) < 4.78 is 74.9. The van der Waals surface area contributed by atoms with Crippen LogP contribution in [0.2, 0.25) is 0 Å². The second-order valence-corrected chi connectivity index (χ2v) is 15.3. The smallest absolute Gasteiger partial charge is 0.305 e. The van der Waals surface area contributed by atoms with E-state index in [1.165, 1.54) is 0 Å². The maximum absolute atomic E-state index is 13.0. The summed E-state index contributed by atoms with van der Waals surface area (Å²) in [4.78, 5) is 138. The van der Waals surface area contributed by atoms with Crippen LogP contribution in [0.4, 0.5) is 0 Å². The first-order chi connectivity index (χ1) is 31.3. The van der Waals surface area contributed by atoms with E-state index in [0.29, 0.717) is 0 Å². The van der Waals surface area contributed by atoms with E-state index in [9.17, 15) is 52.7 Å². The van der Waals surface area contributed by atoms with E-state index < -0.39 is 177 Å². The van der Waals surface area contributed by atoms with Crippen LogP contribution in [0.15, 0.2) is 0 Å². The molecule has 3 aliphatic rings. The van der Waals surface area contributed by atoms with Crippen LogP contribution in [0.25, 0.3) is 0 Å². The molecule has 0 spiro atoms. The zero-order valence-electron chi connectivity index (χ0n) is 38.6.